The molecule has 1 amide bonds. The van der Waals surface area contributed by atoms with E-state index in [1.165, 1.54) is 31.4 Å². The van der Waals surface area contributed by atoms with Gasteiger partial charge in [-0.1, -0.05) is 0 Å². The lowest BCUT2D eigenvalue weighted by atomic mass is 10.1. The summed E-state index contributed by atoms with van der Waals surface area (Å²) in [4.78, 5) is 15.1. The van der Waals surface area contributed by atoms with Crippen LogP contribution in [0.3, 0.4) is 0 Å². The molecule has 0 aromatic heterocycles. The van der Waals surface area contributed by atoms with E-state index in [1.54, 1.807) is 30.3 Å². The molecule has 3 aromatic rings. The lowest BCUT2D eigenvalue weighted by Crippen LogP contribution is -2.29. The Bertz CT molecular complexity index is 1300. The average molecular weight is 494 g/mol. The third kappa shape index (κ3) is 5.35. The van der Waals surface area contributed by atoms with Crippen molar-refractivity contribution in [2.45, 2.75) is 24.2 Å². The van der Waals surface area contributed by atoms with Crippen LogP contribution in [-0.2, 0) is 10.0 Å². The predicted octanol–water partition coefficient (Wildman–Crippen LogP) is 4.50. The lowest BCUT2D eigenvalue weighted by molar-refractivity contribution is 0.102. The monoisotopic (exact) mass is 493 g/mol. The first-order chi connectivity index (χ1) is 17.0. The number of nitrogens with one attached hydrogen (secondary N) is 2. The summed E-state index contributed by atoms with van der Waals surface area (Å²) in [7, 11) is -3.83. The van der Waals surface area contributed by atoms with Crippen molar-refractivity contribution >= 4 is 33.0 Å². The minimum atomic E-state index is -3.83. The van der Waals surface area contributed by atoms with Crippen LogP contribution >= 0.6 is 0 Å². The summed E-state index contributed by atoms with van der Waals surface area (Å²) in [5, 5.41) is 2.89. The van der Waals surface area contributed by atoms with Crippen LogP contribution in [0.5, 0.6) is 11.5 Å². The number of hydrogen-bond donors (Lipinski definition) is 2. The van der Waals surface area contributed by atoms with Crippen molar-refractivity contribution in [3.63, 3.8) is 0 Å². The molecule has 1 fully saturated rings. The molecule has 0 unspecified atom stereocenters. The average Bonchev–Trinajstić information content (AvgIpc) is 2.89. The number of rotatable bonds is 6. The van der Waals surface area contributed by atoms with Crippen molar-refractivity contribution in [2.75, 3.05) is 41.2 Å². The number of piperidine rings is 1. The Hall–Kier alpha value is -3.72. The number of fused-ring (bicyclic) bond motifs is 1. The Kier molecular flexibility index (Phi) is 6.50. The van der Waals surface area contributed by atoms with Gasteiger partial charge in [-0.25, -0.2) is 8.42 Å². The normalized spacial score (nSPS) is 15.4. The number of carbonyl (C=O) groups excluding carboxylic acids is 1. The summed E-state index contributed by atoms with van der Waals surface area (Å²) in [6.45, 7) is 2.93. The minimum absolute atomic E-state index is 0.0663. The van der Waals surface area contributed by atoms with Gasteiger partial charge in [0.25, 0.3) is 15.9 Å². The highest BCUT2D eigenvalue weighted by Crippen LogP contribution is 2.32. The Labute approximate surface area is 204 Å². The molecule has 0 atom stereocenters. The van der Waals surface area contributed by atoms with Crippen molar-refractivity contribution in [3.05, 3.63) is 72.3 Å². The van der Waals surface area contributed by atoms with Crippen LogP contribution in [0.15, 0.2) is 71.6 Å². The molecule has 3 aromatic carbocycles. The van der Waals surface area contributed by atoms with E-state index in [9.17, 15) is 13.2 Å². The van der Waals surface area contributed by atoms with E-state index in [1.807, 2.05) is 24.3 Å². The van der Waals surface area contributed by atoms with E-state index in [-0.39, 0.29) is 10.8 Å². The van der Waals surface area contributed by atoms with Crippen molar-refractivity contribution in [3.8, 4) is 11.5 Å². The van der Waals surface area contributed by atoms with E-state index in [0.717, 1.165) is 18.8 Å². The second-order valence-corrected chi connectivity index (χ2v) is 10.2. The zero-order chi connectivity index (χ0) is 24.3. The number of sulfonamides is 1. The molecule has 2 heterocycles. The fourth-order valence-electron chi connectivity index (χ4n) is 4.21. The topological polar surface area (TPSA) is 97.0 Å². The van der Waals surface area contributed by atoms with E-state index < -0.39 is 10.0 Å². The maximum atomic E-state index is 12.8. The molecule has 0 spiro atoms. The summed E-state index contributed by atoms with van der Waals surface area (Å²) >= 11 is 0. The van der Waals surface area contributed by atoms with Crippen LogP contribution in [0, 0.1) is 0 Å². The second-order valence-electron chi connectivity index (χ2n) is 8.54. The predicted molar refractivity (Wildman–Crippen MR) is 135 cm³/mol. The quantitative estimate of drug-likeness (QED) is 0.525. The van der Waals surface area contributed by atoms with Gasteiger partial charge in [0.1, 0.15) is 13.2 Å². The molecule has 0 aliphatic carbocycles. The summed E-state index contributed by atoms with van der Waals surface area (Å²) in [6.07, 6.45) is 3.70. The van der Waals surface area contributed by atoms with Gasteiger partial charge in [-0.05, 0) is 79.9 Å². The van der Waals surface area contributed by atoms with Crippen molar-refractivity contribution in [1.82, 2.24) is 0 Å². The van der Waals surface area contributed by atoms with Gasteiger partial charge in [0, 0.05) is 41.8 Å². The number of ether oxygens (including phenoxy) is 2. The Morgan fingerprint density at radius 1 is 0.771 bits per heavy atom. The number of anilines is 3. The second kappa shape index (κ2) is 9.87. The van der Waals surface area contributed by atoms with Gasteiger partial charge in [0.05, 0.1) is 4.90 Å². The van der Waals surface area contributed by atoms with Gasteiger partial charge in [0.15, 0.2) is 11.5 Å². The largest absolute Gasteiger partial charge is 0.486 e. The van der Waals surface area contributed by atoms with E-state index in [2.05, 4.69) is 14.9 Å². The van der Waals surface area contributed by atoms with Gasteiger partial charge >= 0.3 is 0 Å². The van der Waals surface area contributed by atoms with Gasteiger partial charge in [-0.3, -0.25) is 9.52 Å². The molecular weight excluding hydrogens is 466 g/mol. The van der Waals surface area contributed by atoms with Crippen molar-refractivity contribution in [1.29, 1.82) is 0 Å². The van der Waals surface area contributed by atoms with Crippen molar-refractivity contribution in [2.24, 2.45) is 0 Å². The number of benzene rings is 3. The Balaban J connectivity index is 1.22. The molecule has 9 heteroatoms. The van der Waals surface area contributed by atoms with Gasteiger partial charge in [-0.15, -0.1) is 0 Å². The maximum absolute atomic E-state index is 12.8. The maximum Gasteiger partial charge on any atom is 0.262 e. The van der Waals surface area contributed by atoms with Gasteiger partial charge < -0.3 is 19.7 Å². The first kappa shape index (κ1) is 23.0. The van der Waals surface area contributed by atoms with E-state index in [0.29, 0.717) is 41.7 Å². The lowest BCUT2D eigenvalue weighted by Gasteiger charge is -2.28. The third-order valence-electron chi connectivity index (χ3n) is 6.07. The number of carbonyl (C=O) groups is 1. The van der Waals surface area contributed by atoms with Crippen LogP contribution in [0.2, 0.25) is 0 Å². The van der Waals surface area contributed by atoms with Crippen LogP contribution in [0.25, 0.3) is 0 Å². The Morgan fingerprint density at radius 2 is 1.43 bits per heavy atom. The summed E-state index contributed by atoms with van der Waals surface area (Å²) in [5.74, 6) is 0.652. The fourth-order valence-corrected chi connectivity index (χ4v) is 5.28. The standard InChI is InChI=1S/C26H27N3O5S/c30-26(27-20-8-10-22(11-9-20)29-14-2-1-3-15-29)19-4-6-21(7-5-19)28-35(31,32)23-12-13-24-25(18-23)34-17-16-33-24/h4-13,18,28H,1-3,14-17H2,(H,27,30). The minimum Gasteiger partial charge on any atom is -0.486 e. The summed E-state index contributed by atoms with van der Waals surface area (Å²) in [5.41, 5.74) is 2.64. The molecule has 0 bridgehead atoms. The summed E-state index contributed by atoms with van der Waals surface area (Å²) in [6, 6.07) is 18.6. The molecule has 8 nitrogen and oxygen atoms in total. The number of amides is 1. The number of nitrogens with zero attached hydrogens (tertiary/aromatic N) is 1. The van der Waals surface area contributed by atoms with E-state index in [4.69, 9.17) is 9.47 Å². The Morgan fingerprint density at radius 3 is 2.14 bits per heavy atom. The summed E-state index contributed by atoms with van der Waals surface area (Å²) < 4.78 is 39.0. The highest BCUT2D eigenvalue weighted by atomic mass is 32.2. The third-order valence-corrected chi connectivity index (χ3v) is 7.45. The first-order valence-electron chi connectivity index (χ1n) is 11.7. The number of hydrogen-bond acceptors (Lipinski definition) is 6. The molecule has 5 rings (SSSR count). The highest BCUT2D eigenvalue weighted by molar-refractivity contribution is 7.92. The van der Waals surface area contributed by atoms with Crippen LogP contribution in [0.4, 0.5) is 17.1 Å². The molecule has 1 saturated heterocycles. The SMILES string of the molecule is O=C(Nc1ccc(N2CCCCC2)cc1)c1ccc(NS(=O)(=O)c2ccc3c(c2)OCCO3)cc1. The fraction of sp³-hybridized carbons (Fsp3) is 0.269. The van der Waals surface area contributed by atoms with Crippen LogP contribution in [0.1, 0.15) is 29.6 Å². The van der Waals surface area contributed by atoms with Crippen LogP contribution in [-0.4, -0.2) is 40.6 Å². The van der Waals surface area contributed by atoms with E-state index >= 15 is 0 Å². The molecule has 0 saturated carbocycles. The van der Waals surface area contributed by atoms with Gasteiger partial charge in [0.2, 0.25) is 0 Å². The highest BCUT2D eigenvalue weighted by Gasteiger charge is 2.20. The first-order valence-corrected chi connectivity index (χ1v) is 13.2. The molecule has 2 aliphatic rings. The molecule has 35 heavy (non-hydrogen) atoms. The smallest absolute Gasteiger partial charge is 0.262 e. The molecule has 2 N–H and O–H groups in total. The molecule has 0 radical (unpaired) electrons. The van der Waals surface area contributed by atoms with Crippen LogP contribution < -0.4 is 24.4 Å². The van der Waals surface area contributed by atoms with Crippen molar-refractivity contribution < 1.29 is 22.7 Å². The molecule has 182 valence electrons. The van der Waals surface area contributed by atoms with Gasteiger partial charge in [-0.2, -0.15) is 0 Å². The molecule has 2 aliphatic heterocycles. The zero-order valence-electron chi connectivity index (χ0n) is 19.2. The molecular formula is C26H27N3O5S. The zero-order valence-corrected chi connectivity index (χ0v) is 20.0.